The summed E-state index contributed by atoms with van der Waals surface area (Å²) in [5.41, 5.74) is 5.33. The maximum Gasteiger partial charge on any atom is 0.224 e. The van der Waals surface area contributed by atoms with E-state index in [-0.39, 0.29) is 24.1 Å². The Kier molecular flexibility index (Phi) is 6.35. The molecule has 1 aliphatic rings. The van der Waals surface area contributed by atoms with Gasteiger partial charge in [0.1, 0.15) is 5.82 Å². The number of nitrogens with one attached hydrogen (secondary N) is 1. The zero-order chi connectivity index (χ0) is 22.7. The van der Waals surface area contributed by atoms with Gasteiger partial charge in [0, 0.05) is 37.3 Å². The minimum Gasteiger partial charge on any atom is -0.352 e. The maximum absolute atomic E-state index is 13.2. The molecule has 0 saturated carbocycles. The lowest BCUT2D eigenvalue weighted by molar-refractivity contribution is -0.128. The smallest absolute Gasteiger partial charge is 0.224 e. The summed E-state index contributed by atoms with van der Waals surface area (Å²) in [5.74, 6) is -0.184. The molecule has 2 aromatic carbocycles. The number of likely N-dealkylation sites (tertiary alicyclic amines) is 1. The van der Waals surface area contributed by atoms with Crippen molar-refractivity contribution in [1.29, 1.82) is 0 Å². The number of rotatable bonds is 7. The molecule has 166 valence electrons. The molecule has 3 aromatic rings. The van der Waals surface area contributed by atoms with Crippen LogP contribution in [0.2, 0.25) is 0 Å². The molecule has 1 aliphatic heterocycles. The molecule has 2 heterocycles. The molecule has 2 amide bonds. The van der Waals surface area contributed by atoms with E-state index in [9.17, 15) is 14.0 Å². The Labute approximate surface area is 187 Å². The first-order chi connectivity index (χ1) is 15.4. The number of aryl methyl sites for hydroxylation is 1. The summed E-state index contributed by atoms with van der Waals surface area (Å²) in [5, 5.41) is 7.51. The first-order valence-electron chi connectivity index (χ1n) is 10.8. The fourth-order valence-electron chi connectivity index (χ4n) is 4.12. The summed E-state index contributed by atoms with van der Waals surface area (Å²) in [6.45, 7) is 5.63. The van der Waals surface area contributed by atoms with Crippen LogP contribution in [0.25, 0.3) is 5.69 Å². The van der Waals surface area contributed by atoms with E-state index in [2.05, 4.69) is 10.4 Å². The average molecular weight is 435 g/mol. The molecule has 6 nitrogen and oxygen atoms in total. The largest absolute Gasteiger partial charge is 0.352 e. The predicted molar refractivity (Wildman–Crippen MR) is 120 cm³/mol. The number of hydrogen-bond acceptors (Lipinski definition) is 3. The van der Waals surface area contributed by atoms with Gasteiger partial charge < -0.3 is 10.2 Å². The van der Waals surface area contributed by atoms with E-state index in [0.29, 0.717) is 19.5 Å². The Bertz CT molecular complexity index is 1140. The van der Waals surface area contributed by atoms with Crippen LogP contribution in [-0.4, -0.2) is 33.0 Å². The van der Waals surface area contributed by atoms with E-state index in [1.807, 2.05) is 43.0 Å². The molecule has 0 unspecified atom stereocenters. The maximum atomic E-state index is 13.2. The van der Waals surface area contributed by atoms with E-state index in [0.717, 1.165) is 46.7 Å². The topological polar surface area (TPSA) is 67.2 Å². The highest BCUT2D eigenvalue weighted by molar-refractivity contribution is 5.79. The van der Waals surface area contributed by atoms with E-state index >= 15 is 0 Å². The van der Waals surface area contributed by atoms with Gasteiger partial charge in [-0.05, 0) is 55.7 Å². The van der Waals surface area contributed by atoms with E-state index < -0.39 is 0 Å². The van der Waals surface area contributed by atoms with Crippen molar-refractivity contribution in [2.45, 2.75) is 46.2 Å². The van der Waals surface area contributed by atoms with E-state index in [4.69, 9.17) is 0 Å². The molecule has 1 saturated heterocycles. The van der Waals surface area contributed by atoms with Gasteiger partial charge in [0.2, 0.25) is 11.8 Å². The molecule has 1 N–H and O–H groups in total. The number of aromatic nitrogens is 2. The molecule has 0 aliphatic carbocycles. The summed E-state index contributed by atoms with van der Waals surface area (Å²) < 4.78 is 15.0. The molecule has 0 bridgehead atoms. The zero-order valence-electron chi connectivity index (χ0n) is 18.4. The number of halogens is 1. The summed E-state index contributed by atoms with van der Waals surface area (Å²) >= 11 is 0. The van der Waals surface area contributed by atoms with Crippen LogP contribution in [0.15, 0.2) is 48.5 Å². The average Bonchev–Trinajstić information content (AvgIpc) is 3.30. The van der Waals surface area contributed by atoms with Gasteiger partial charge in [-0.3, -0.25) is 9.59 Å². The van der Waals surface area contributed by atoms with Gasteiger partial charge in [0.15, 0.2) is 0 Å². The fraction of sp³-hybridized carbons (Fsp3) is 0.320. The van der Waals surface area contributed by atoms with E-state index in [1.54, 1.807) is 16.8 Å². The molecule has 0 radical (unpaired) electrons. The lowest BCUT2D eigenvalue weighted by Gasteiger charge is -2.16. The van der Waals surface area contributed by atoms with Gasteiger partial charge >= 0.3 is 0 Å². The monoisotopic (exact) mass is 434 g/mol. The highest BCUT2D eigenvalue weighted by Crippen LogP contribution is 2.19. The van der Waals surface area contributed by atoms with Crippen molar-refractivity contribution in [1.82, 2.24) is 20.0 Å². The van der Waals surface area contributed by atoms with Crippen molar-refractivity contribution in [2.75, 3.05) is 6.54 Å². The molecule has 1 aromatic heterocycles. The lowest BCUT2D eigenvalue weighted by atomic mass is 10.1. The quantitative estimate of drug-likeness (QED) is 0.618. The number of carbonyl (C=O) groups is 2. The van der Waals surface area contributed by atoms with Crippen LogP contribution in [0, 0.1) is 19.7 Å². The molecule has 1 fully saturated rings. The second-order valence-electron chi connectivity index (χ2n) is 8.23. The standard InChI is InChI=1S/C25H27FN4O2/c1-17-23(18(2)30(28-17)22-10-8-21(26)9-11-22)14-24(31)27-15-19-5-3-6-20(13-19)16-29-12-4-7-25(29)32/h3,5-6,8-11,13H,4,7,12,14-16H2,1-2H3,(H,27,31). The normalized spacial score (nSPS) is 13.6. The fourth-order valence-corrected chi connectivity index (χ4v) is 4.12. The number of hydrogen-bond donors (Lipinski definition) is 1. The van der Waals surface area contributed by atoms with Gasteiger partial charge in [-0.15, -0.1) is 0 Å². The van der Waals surface area contributed by atoms with Crippen molar-refractivity contribution in [3.63, 3.8) is 0 Å². The Morgan fingerprint density at radius 3 is 2.59 bits per heavy atom. The predicted octanol–water partition coefficient (Wildman–Crippen LogP) is 3.61. The summed E-state index contributed by atoms with van der Waals surface area (Å²) in [4.78, 5) is 26.4. The van der Waals surface area contributed by atoms with Gasteiger partial charge in [-0.2, -0.15) is 5.10 Å². The van der Waals surface area contributed by atoms with Crippen LogP contribution in [-0.2, 0) is 29.1 Å². The highest BCUT2D eigenvalue weighted by atomic mass is 19.1. The van der Waals surface area contributed by atoms with Gasteiger partial charge in [-0.25, -0.2) is 9.07 Å². The minimum atomic E-state index is -0.300. The summed E-state index contributed by atoms with van der Waals surface area (Å²) in [7, 11) is 0. The van der Waals surface area contributed by atoms with Crippen molar-refractivity contribution in [2.24, 2.45) is 0 Å². The third-order valence-corrected chi connectivity index (χ3v) is 5.88. The first kappa shape index (κ1) is 21.7. The second kappa shape index (κ2) is 9.34. The van der Waals surface area contributed by atoms with Crippen LogP contribution < -0.4 is 5.32 Å². The first-order valence-corrected chi connectivity index (χ1v) is 10.8. The SMILES string of the molecule is Cc1nn(-c2ccc(F)cc2)c(C)c1CC(=O)NCc1cccc(CN2CCCC2=O)c1. The van der Waals surface area contributed by atoms with Crippen LogP contribution in [0.3, 0.4) is 0 Å². The van der Waals surface area contributed by atoms with Gasteiger partial charge in [0.05, 0.1) is 17.8 Å². The van der Waals surface area contributed by atoms with Crippen molar-refractivity contribution in [3.05, 3.63) is 82.4 Å². The lowest BCUT2D eigenvalue weighted by Crippen LogP contribution is -2.25. The highest BCUT2D eigenvalue weighted by Gasteiger charge is 2.20. The van der Waals surface area contributed by atoms with Crippen molar-refractivity contribution < 1.29 is 14.0 Å². The second-order valence-corrected chi connectivity index (χ2v) is 8.23. The van der Waals surface area contributed by atoms with Crippen LogP contribution >= 0.6 is 0 Å². The molecule has 0 spiro atoms. The van der Waals surface area contributed by atoms with Crippen LogP contribution in [0.1, 0.15) is 40.9 Å². The number of carbonyl (C=O) groups excluding carboxylic acids is 2. The van der Waals surface area contributed by atoms with Gasteiger partial charge in [0.25, 0.3) is 0 Å². The summed E-state index contributed by atoms with van der Waals surface area (Å²) in [6, 6.07) is 14.1. The number of benzene rings is 2. The summed E-state index contributed by atoms with van der Waals surface area (Å²) in [6.07, 6.45) is 1.78. The van der Waals surface area contributed by atoms with Crippen LogP contribution in [0.5, 0.6) is 0 Å². The molecule has 4 rings (SSSR count). The molecule has 32 heavy (non-hydrogen) atoms. The van der Waals surface area contributed by atoms with E-state index in [1.165, 1.54) is 12.1 Å². The van der Waals surface area contributed by atoms with Crippen LogP contribution in [0.4, 0.5) is 4.39 Å². The number of amides is 2. The Hall–Kier alpha value is -3.48. The minimum absolute atomic E-state index is 0.0880. The Morgan fingerprint density at radius 2 is 1.88 bits per heavy atom. The molecule has 0 atom stereocenters. The van der Waals surface area contributed by atoms with Crippen molar-refractivity contribution in [3.8, 4) is 5.69 Å². The molecular formula is C25H27FN4O2. The Balaban J connectivity index is 1.38. The Morgan fingerprint density at radius 1 is 1.12 bits per heavy atom. The molecule has 7 heteroatoms. The number of nitrogens with zero attached hydrogens (tertiary/aromatic N) is 3. The van der Waals surface area contributed by atoms with Crippen molar-refractivity contribution >= 4 is 11.8 Å². The third-order valence-electron chi connectivity index (χ3n) is 5.88. The molecular weight excluding hydrogens is 407 g/mol. The third kappa shape index (κ3) is 4.88. The van der Waals surface area contributed by atoms with Gasteiger partial charge in [-0.1, -0.05) is 24.3 Å². The zero-order valence-corrected chi connectivity index (χ0v) is 18.4.